The second-order valence-corrected chi connectivity index (χ2v) is 6.23. The van der Waals surface area contributed by atoms with Gasteiger partial charge in [0.25, 0.3) is 5.91 Å². The third-order valence-corrected chi connectivity index (χ3v) is 4.32. The van der Waals surface area contributed by atoms with Crippen LogP contribution >= 0.6 is 0 Å². The zero-order valence-electron chi connectivity index (χ0n) is 14.1. The Kier molecular flexibility index (Phi) is 4.84. The molecule has 0 aromatic heterocycles. The minimum atomic E-state index is -0.835. The lowest BCUT2D eigenvalue weighted by Crippen LogP contribution is -2.14. The molecule has 5 N–H and O–H groups in total. The maximum atomic E-state index is 12.4. The Morgan fingerprint density at radius 3 is 2.42 bits per heavy atom. The van der Waals surface area contributed by atoms with Gasteiger partial charge in [0.05, 0.1) is 6.42 Å². The van der Waals surface area contributed by atoms with Crippen molar-refractivity contribution in [2.75, 3.05) is 5.32 Å². The highest BCUT2D eigenvalue weighted by Gasteiger charge is 2.14. The van der Waals surface area contributed by atoms with Gasteiger partial charge in [-0.25, -0.2) is 0 Å². The molecular weight excluding hydrogens is 330 g/mol. The predicted octanol–water partition coefficient (Wildman–Crippen LogP) is 3.03. The van der Waals surface area contributed by atoms with Crippen molar-refractivity contribution >= 4 is 29.5 Å². The van der Waals surface area contributed by atoms with Crippen molar-refractivity contribution in [3.8, 4) is 0 Å². The Bertz CT molecular complexity index is 914. The van der Waals surface area contributed by atoms with Crippen molar-refractivity contribution in [2.45, 2.75) is 19.3 Å². The first-order valence-electron chi connectivity index (χ1n) is 8.22. The maximum Gasteiger partial charge on any atom is 0.307 e. The minimum Gasteiger partial charge on any atom is -0.481 e. The number of rotatable bonds is 5. The highest BCUT2D eigenvalue weighted by Crippen LogP contribution is 2.28. The largest absolute Gasteiger partial charge is 0.481 e. The zero-order valence-corrected chi connectivity index (χ0v) is 14.1. The fourth-order valence-electron chi connectivity index (χ4n) is 2.96. The highest BCUT2D eigenvalue weighted by molar-refractivity contribution is 6.05. The molecular formula is C20H19N3O3. The number of carboxylic acids is 1. The molecule has 1 amide bonds. The van der Waals surface area contributed by atoms with Gasteiger partial charge in [0.15, 0.2) is 0 Å². The number of hydrogen-bond donors (Lipinski definition) is 4. The van der Waals surface area contributed by atoms with E-state index in [0.717, 1.165) is 29.5 Å². The molecule has 0 unspecified atom stereocenters. The summed E-state index contributed by atoms with van der Waals surface area (Å²) in [4.78, 5) is 23.3. The lowest BCUT2D eigenvalue weighted by molar-refractivity contribution is -0.136. The van der Waals surface area contributed by atoms with E-state index in [1.54, 1.807) is 24.3 Å². The third kappa shape index (κ3) is 3.97. The summed E-state index contributed by atoms with van der Waals surface area (Å²) in [6.07, 6.45) is 3.48. The Labute approximate surface area is 150 Å². The van der Waals surface area contributed by atoms with Crippen LogP contribution in [0.25, 0.3) is 6.08 Å². The maximum absolute atomic E-state index is 12.4. The number of nitrogen functional groups attached to an aromatic ring is 1. The standard InChI is InChI=1S/C20H19N3O3/c21-19(22)14-3-5-15(6-4-14)20(26)23-17-8-7-13-2-1-12(10-18(24)25)9-16(13)11-17/h3-9,11H,1-2,10H2,(H3,21,22)(H,23,26)(H,24,25). The number of fused-ring (bicyclic) bond motifs is 1. The number of carboxylic acid groups (broad SMARTS) is 1. The zero-order chi connectivity index (χ0) is 18.7. The van der Waals surface area contributed by atoms with Gasteiger partial charge in [0.1, 0.15) is 5.84 Å². The van der Waals surface area contributed by atoms with Crippen LogP contribution in [-0.2, 0) is 11.2 Å². The predicted molar refractivity (Wildman–Crippen MR) is 100 cm³/mol. The number of aliphatic carboxylic acids is 1. The second kappa shape index (κ2) is 7.23. The molecule has 2 aromatic rings. The van der Waals surface area contributed by atoms with E-state index >= 15 is 0 Å². The quantitative estimate of drug-likeness (QED) is 0.490. The van der Waals surface area contributed by atoms with Crippen molar-refractivity contribution < 1.29 is 14.7 Å². The van der Waals surface area contributed by atoms with E-state index in [4.69, 9.17) is 16.2 Å². The van der Waals surface area contributed by atoms with Crippen molar-refractivity contribution in [1.82, 2.24) is 0 Å². The van der Waals surface area contributed by atoms with E-state index in [9.17, 15) is 9.59 Å². The van der Waals surface area contributed by atoms with Crippen LogP contribution in [-0.4, -0.2) is 22.8 Å². The van der Waals surface area contributed by atoms with Crippen LogP contribution in [0.4, 0.5) is 5.69 Å². The summed E-state index contributed by atoms with van der Waals surface area (Å²) in [5, 5.41) is 19.2. The van der Waals surface area contributed by atoms with E-state index in [2.05, 4.69) is 5.32 Å². The van der Waals surface area contributed by atoms with Crippen LogP contribution < -0.4 is 11.1 Å². The van der Waals surface area contributed by atoms with E-state index in [1.165, 1.54) is 0 Å². The van der Waals surface area contributed by atoms with Crippen molar-refractivity contribution in [1.29, 1.82) is 5.41 Å². The van der Waals surface area contributed by atoms with Crippen LogP contribution in [0, 0.1) is 5.41 Å². The van der Waals surface area contributed by atoms with Crippen molar-refractivity contribution in [3.63, 3.8) is 0 Å². The molecule has 0 saturated carbocycles. The number of carbonyl (C=O) groups is 2. The molecule has 6 nitrogen and oxygen atoms in total. The van der Waals surface area contributed by atoms with Gasteiger partial charge in [-0.15, -0.1) is 0 Å². The van der Waals surface area contributed by atoms with E-state index < -0.39 is 5.97 Å². The topological polar surface area (TPSA) is 116 Å². The second-order valence-electron chi connectivity index (χ2n) is 6.23. The molecule has 0 spiro atoms. The summed E-state index contributed by atoms with van der Waals surface area (Å²) in [7, 11) is 0. The number of benzene rings is 2. The molecule has 0 atom stereocenters. The lowest BCUT2D eigenvalue weighted by atomic mass is 9.90. The Morgan fingerprint density at radius 2 is 1.77 bits per heavy atom. The van der Waals surface area contributed by atoms with Gasteiger partial charge in [-0.2, -0.15) is 0 Å². The smallest absolute Gasteiger partial charge is 0.307 e. The van der Waals surface area contributed by atoms with Crippen LogP contribution in [0.15, 0.2) is 48.0 Å². The number of nitrogens with one attached hydrogen (secondary N) is 2. The average Bonchev–Trinajstić information content (AvgIpc) is 2.61. The van der Waals surface area contributed by atoms with Gasteiger partial charge in [0.2, 0.25) is 0 Å². The molecule has 132 valence electrons. The van der Waals surface area contributed by atoms with Crippen LogP contribution in [0.1, 0.15) is 39.9 Å². The molecule has 0 aliphatic heterocycles. The van der Waals surface area contributed by atoms with Crippen LogP contribution in [0.2, 0.25) is 0 Å². The average molecular weight is 349 g/mol. The molecule has 0 saturated heterocycles. The fraction of sp³-hybridized carbons (Fsp3) is 0.150. The lowest BCUT2D eigenvalue weighted by Gasteiger charge is -2.17. The van der Waals surface area contributed by atoms with Gasteiger partial charge in [-0.05, 0) is 48.2 Å². The molecule has 6 heteroatoms. The number of amidine groups is 1. The molecule has 2 aromatic carbocycles. The minimum absolute atomic E-state index is 0.0402. The summed E-state index contributed by atoms with van der Waals surface area (Å²) in [5.41, 5.74) is 10.1. The third-order valence-electron chi connectivity index (χ3n) is 4.32. The summed E-state index contributed by atoms with van der Waals surface area (Å²) < 4.78 is 0. The number of anilines is 1. The number of amides is 1. The van der Waals surface area contributed by atoms with Gasteiger partial charge in [0, 0.05) is 16.8 Å². The van der Waals surface area contributed by atoms with E-state index in [1.807, 2.05) is 24.3 Å². The molecule has 0 heterocycles. The van der Waals surface area contributed by atoms with Crippen molar-refractivity contribution in [2.24, 2.45) is 5.73 Å². The van der Waals surface area contributed by atoms with E-state index in [-0.39, 0.29) is 18.2 Å². The van der Waals surface area contributed by atoms with Gasteiger partial charge in [-0.3, -0.25) is 15.0 Å². The Morgan fingerprint density at radius 1 is 1.08 bits per heavy atom. The first-order valence-corrected chi connectivity index (χ1v) is 8.22. The summed E-state index contributed by atoms with van der Waals surface area (Å²) >= 11 is 0. The first-order chi connectivity index (χ1) is 12.4. The number of hydrogen-bond acceptors (Lipinski definition) is 3. The molecule has 0 bridgehead atoms. The van der Waals surface area contributed by atoms with Crippen LogP contribution in [0.3, 0.4) is 0 Å². The van der Waals surface area contributed by atoms with Gasteiger partial charge < -0.3 is 16.2 Å². The van der Waals surface area contributed by atoms with Gasteiger partial charge in [-0.1, -0.05) is 29.8 Å². The number of carbonyl (C=O) groups excluding carboxylic acids is 1. The van der Waals surface area contributed by atoms with E-state index in [0.29, 0.717) is 16.8 Å². The number of nitrogens with two attached hydrogens (primary N) is 1. The van der Waals surface area contributed by atoms with Crippen molar-refractivity contribution in [3.05, 3.63) is 70.3 Å². The molecule has 1 aliphatic carbocycles. The summed E-state index contributed by atoms with van der Waals surface area (Å²) in [6, 6.07) is 12.2. The fourth-order valence-corrected chi connectivity index (χ4v) is 2.96. The molecule has 0 radical (unpaired) electrons. The first kappa shape index (κ1) is 17.4. The Hall–Kier alpha value is -3.41. The molecule has 0 fully saturated rings. The molecule has 26 heavy (non-hydrogen) atoms. The molecule has 3 rings (SSSR count). The SMILES string of the molecule is N=C(N)c1ccc(C(=O)Nc2ccc3c(c2)C=C(CC(=O)O)CC3)cc1. The summed E-state index contributed by atoms with van der Waals surface area (Å²) in [5.74, 6) is -1.14. The Balaban J connectivity index is 1.77. The normalized spacial score (nSPS) is 12.7. The molecule has 1 aliphatic rings. The van der Waals surface area contributed by atoms with Crippen LogP contribution in [0.5, 0.6) is 0 Å². The monoisotopic (exact) mass is 349 g/mol. The van der Waals surface area contributed by atoms with Gasteiger partial charge >= 0.3 is 5.97 Å². The number of aryl methyl sites for hydroxylation is 1. The summed E-state index contributed by atoms with van der Waals surface area (Å²) in [6.45, 7) is 0. The highest BCUT2D eigenvalue weighted by atomic mass is 16.4.